The fourth-order valence-corrected chi connectivity index (χ4v) is 3.61. The Kier molecular flexibility index (Phi) is 5.92. The van der Waals surface area contributed by atoms with Crippen molar-refractivity contribution in [3.63, 3.8) is 0 Å². The van der Waals surface area contributed by atoms with Gasteiger partial charge < -0.3 is 10.1 Å². The molecular formula is C17H19ClN2O4S. The van der Waals surface area contributed by atoms with Gasteiger partial charge in [0.25, 0.3) is 15.9 Å². The Balaban J connectivity index is 2.41. The molecule has 2 aromatic carbocycles. The molecule has 8 heteroatoms. The fraction of sp³-hybridized carbons (Fsp3) is 0.235. The minimum atomic E-state index is -3.85. The van der Waals surface area contributed by atoms with Gasteiger partial charge >= 0.3 is 0 Å². The van der Waals surface area contributed by atoms with E-state index in [4.69, 9.17) is 16.3 Å². The number of nitrogens with zero attached hydrogens (tertiary/aromatic N) is 1. The summed E-state index contributed by atoms with van der Waals surface area (Å²) in [7, 11) is -0.870. The minimum Gasteiger partial charge on any atom is -0.497 e. The average molecular weight is 383 g/mol. The lowest BCUT2D eigenvalue weighted by Gasteiger charge is -2.20. The molecule has 0 aliphatic carbocycles. The molecule has 1 amide bonds. The van der Waals surface area contributed by atoms with Crippen LogP contribution in [0.5, 0.6) is 5.75 Å². The highest BCUT2D eigenvalue weighted by molar-refractivity contribution is 7.92. The van der Waals surface area contributed by atoms with Crippen LogP contribution in [0, 0.1) is 0 Å². The first kappa shape index (κ1) is 19.1. The number of carbonyl (C=O) groups excluding carboxylic acids is 1. The van der Waals surface area contributed by atoms with Gasteiger partial charge in [-0.25, -0.2) is 8.42 Å². The number of methoxy groups -OCH3 is 1. The number of anilines is 1. The number of carbonyl (C=O) groups is 1. The molecular weight excluding hydrogens is 364 g/mol. The molecule has 0 aliphatic rings. The van der Waals surface area contributed by atoms with Crippen LogP contribution in [-0.4, -0.2) is 35.0 Å². The number of sulfonamides is 1. The van der Waals surface area contributed by atoms with Gasteiger partial charge in [0.15, 0.2) is 0 Å². The Morgan fingerprint density at radius 1 is 1.20 bits per heavy atom. The number of rotatable bonds is 6. The van der Waals surface area contributed by atoms with E-state index in [0.29, 0.717) is 18.0 Å². The largest absolute Gasteiger partial charge is 0.497 e. The van der Waals surface area contributed by atoms with Crippen molar-refractivity contribution in [3.8, 4) is 5.75 Å². The third kappa shape index (κ3) is 4.05. The predicted molar refractivity (Wildman–Crippen MR) is 98.0 cm³/mol. The van der Waals surface area contributed by atoms with E-state index in [0.717, 1.165) is 4.31 Å². The highest BCUT2D eigenvalue weighted by Gasteiger charge is 2.23. The van der Waals surface area contributed by atoms with Gasteiger partial charge in [0, 0.05) is 13.6 Å². The van der Waals surface area contributed by atoms with E-state index in [1.54, 1.807) is 31.2 Å². The molecule has 2 aromatic rings. The second kappa shape index (κ2) is 7.76. The fourth-order valence-electron chi connectivity index (χ4n) is 2.18. The zero-order chi connectivity index (χ0) is 18.6. The van der Waals surface area contributed by atoms with E-state index in [9.17, 15) is 13.2 Å². The summed E-state index contributed by atoms with van der Waals surface area (Å²) in [6.45, 7) is 2.18. The molecule has 1 N–H and O–H groups in total. The monoisotopic (exact) mass is 382 g/mol. The summed E-state index contributed by atoms with van der Waals surface area (Å²) in [5, 5.41) is 2.80. The summed E-state index contributed by atoms with van der Waals surface area (Å²) in [4.78, 5) is 12.0. The van der Waals surface area contributed by atoms with Crippen LogP contribution in [0.1, 0.15) is 17.3 Å². The summed E-state index contributed by atoms with van der Waals surface area (Å²) in [5.74, 6) is 0.205. The summed E-state index contributed by atoms with van der Waals surface area (Å²) in [6.07, 6.45) is 0. The highest BCUT2D eigenvalue weighted by Crippen LogP contribution is 2.27. The summed E-state index contributed by atoms with van der Waals surface area (Å²) in [5.41, 5.74) is 0.586. The Bertz CT molecular complexity index is 867. The van der Waals surface area contributed by atoms with Gasteiger partial charge in [-0.15, -0.1) is 0 Å². The first-order chi connectivity index (χ1) is 11.8. The maximum atomic E-state index is 12.9. The molecule has 2 rings (SSSR count). The van der Waals surface area contributed by atoms with Crippen molar-refractivity contribution in [3.05, 3.63) is 53.1 Å². The standard InChI is InChI=1S/C17H19ClN2O4S/c1-4-19-17(21)15-11-14(9-10-16(15)18)25(22,23)20(2)12-5-7-13(24-3)8-6-12/h5-11H,4H2,1-3H3,(H,19,21). The number of ether oxygens (including phenoxy) is 1. The van der Waals surface area contributed by atoms with Crippen LogP contribution < -0.4 is 14.4 Å². The predicted octanol–water partition coefficient (Wildman–Crippen LogP) is 2.92. The molecule has 0 radical (unpaired) electrons. The number of hydrogen-bond donors (Lipinski definition) is 1. The van der Waals surface area contributed by atoms with Crippen LogP contribution in [0.3, 0.4) is 0 Å². The minimum absolute atomic E-state index is 0.0172. The first-order valence-electron chi connectivity index (χ1n) is 7.52. The average Bonchev–Trinajstić information content (AvgIpc) is 2.61. The summed E-state index contributed by atoms with van der Waals surface area (Å²) in [6, 6.07) is 10.7. The van der Waals surface area contributed by atoms with Gasteiger partial charge in [-0.05, 0) is 49.4 Å². The molecule has 134 valence electrons. The summed E-state index contributed by atoms with van der Waals surface area (Å²) < 4.78 is 31.9. The van der Waals surface area contributed by atoms with E-state index in [1.165, 1.54) is 32.4 Å². The second-order valence-electron chi connectivity index (χ2n) is 5.17. The van der Waals surface area contributed by atoms with Gasteiger partial charge in [-0.3, -0.25) is 9.10 Å². The molecule has 0 atom stereocenters. The Labute approximate surface area is 152 Å². The van der Waals surface area contributed by atoms with E-state index in [1.807, 2.05) is 0 Å². The third-order valence-electron chi connectivity index (χ3n) is 3.61. The summed E-state index contributed by atoms with van der Waals surface area (Å²) >= 11 is 6.02. The highest BCUT2D eigenvalue weighted by atomic mass is 35.5. The van der Waals surface area contributed by atoms with Crippen LogP contribution in [0.4, 0.5) is 5.69 Å². The van der Waals surface area contributed by atoms with Gasteiger partial charge in [0.2, 0.25) is 0 Å². The van der Waals surface area contributed by atoms with Crippen molar-refractivity contribution in [2.75, 3.05) is 25.0 Å². The lowest BCUT2D eigenvalue weighted by molar-refractivity contribution is 0.0955. The van der Waals surface area contributed by atoms with Gasteiger partial charge in [0.05, 0.1) is 28.3 Å². The van der Waals surface area contributed by atoms with Crippen molar-refractivity contribution >= 4 is 33.2 Å². The van der Waals surface area contributed by atoms with Gasteiger partial charge in [-0.2, -0.15) is 0 Å². The van der Waals surface area contributed by atoms with Crippen molar-refractivity contribution in [1.29, 1.82) is 0 Å². The Morgan fingerprint density at radius 2 is 1.84 bits per heavy atom. The molecule has 25 heavy (non-hydrogen) atoms. The van der Waals surface area contributed by atoms with Crippen molar-refractivity contribution in [2.24, 2.45) is 0 Å². The molecule has 0 saturated carbocycles. The SMILES string of the molecule is CCNC(=O)c1cc(S(=O)(=O)N(C)c2ccc(OC)cc2)ccc1Cl. The molecule has 0 aromatic heterocycles. The quantitative estimate of drug-likeness (QED) is 0.833. The molecule has 0 aliphatic heterocycles. The molecule has 6 nitrogen and oxygen atoms in total. The van der Waals surface area contributed by atoms with E-state index >= 15 is 0 Å². The maximum Gasteiger partial charge on any atom is 0.264 e. The second-order valence-corrected chi connectivity index (χ2v) is 7.55. The number of nitrogens with one attached hydrogen (secondary N) is 1. The van der Waals surface area contributed by atoms with Crippen LogP contribution in [0.15, 0.2) is 47.4 Å². The molecule has 0 bridgehead atoms. The van der Waals surface area contributed by atoms with Crippen molar-refractivity contribution in [2.45, 2.75) is 11.8 Å². The zero-order valence-electron chi connectivity index (χ0n) is 14.1. The lowest BCUT2D eigenvalue weighted by Crippen LogP contribution is -2.27. The normalized spacial score (nSPS) is 11.0. The number of hydrogen-bond acceptors (Lipinski definition) is 4. The van der Waals surface area contributed by atoms with Crippen molar-refractivity contribution < 1.29 is 17.9 Å². The van der Waals surface area contributed by atoms with Crippen LogP contribution in [0.2, 0.25) is 5.02 Å². The molecule has 0 heterocycles. The van der Waals surface area contributed by atoms with E-state index in [-0.39, 0.29) is 15.5 Å². The maximum absolute atomic E-state index is 12.9. The molecule has 0 fully saturated rings. The lowest BCUT2D eigenvalue weighted by atomic mass is 10.2. The molecule has 0 saturated heterocycles. The van der Waals surface area contributed by atoms with Crippen LogP contribution in [0.25, 0.3) is 0 Å². The van der Waals surface area contributed by atoms with Gasteiger partial charge in [-0.1, -0.05) is 11.6 Å². The van der Waals surface area contributed by atoms with Crippen LogP contribution in [-0.2, 0) is 10.0 Å². The van der Waals surface area contributed by atoms with E-state index < -0.39 is 15.9 Å². The van der Waals surface area contributed by atoms with Crippen molar-refractivity contribution in [1.82, 2.24) is 5.32 Å². The zero-order valence-corrected chi connectivity index (χ0v) is 15.7. The van der Waals surface area contributed by atoms with Gasteiger partial charge in [0.1, 0.15) is 5.75 Å². The number of halogens is 1. The topological polar surface area (TPSA) is 75.7 Å². The smallest absolute Gasteiger partial charge is 0.264 e. The third-order valence-corrected chi connectivity index (χ3v) is 5.73. The molecule has 0 unspecified atom stereocenters. The number of benzene rings is 2. The van der Waals surface area contributed by atoms with E-state index in [2.05, 4.69) is 5.32 Å². The Hall–Kier alpha value is -2.25. The molecule has 0 spiro atoms. The van der Waals surface area contributed by atoms with Crippen LogP contribution >= 0.6 is 11.6 Å². The Morgan fingerprint density at radius 3 is 2.40 bits per heavy atom. The number of amides is 1. The first-order valence-corrected chi connectivity index (χ1v) is 9.33.